The number of allylic oxidation sites excluding steroid dienone is 1. The zero-order valence-corrected chi connectivity index (χ0v) is 12.4. The van der Waals surface area contributed by atoms with Crippen molar-refractivity contribution < 1.29 is 19.7 Å². The Labute approximate surface area is 119 Å². The van der Waals surface area contributed by atoms with E-state index in [2.05, 4.69) is 0 Å². The van der Waals surface area contributed by atoms with Crippen LogP contribution < -0.4 is 0 Å². The van der Waals surface area contributed by atoms with Gasteiger partial charge in [0.05, 0.1) is 0 Å². The number of benzene rings is 1. The summed E-state index contributed by atoms with van der Waals surface area (Å²) in [7, 11) is 2.85. The van der Waals surface area contributed by atoms with Gasteiger partial charge in [0.1, 0.15) is 0 Å². The van der Waals surface area contributed by atoms with E-state index in [-0.39, 0.29) is 5.41 Å². The minimum atomic E-state index is -2.21. The smallest absolute Gasteiger partial charge is 0.246 e. The fourth-order valence-corrected chi connectivity index (χ4v) is 2.89. The first-order valence-corrected chi connectivity index (χ1v) is 6.62. The summed E-state index contributed by atoms with van der Waals surface area (Å²) in [5.74, 6) is -3.70. The van der Waals surface area contributed by atoms with Crippen molar-refractivity contribution in [2.45, 2.75) is 31.8 Å². The van der Waals surface area contributed by atoms with Crippen LogP contribution in [0.5, 0.6) is 0 Å². The van der Waals surface area contributed by atoms with Crippen LogP contribution in [-0.2, 0) is 9.47 Å². The molecule has 0 unspecified atom stereocenters. The van der Waals surface area contributed by atoms with Crippen molar-refractivity contribution in [3.8, 4) is 0 Å². The minimum Gasteiger partial charge on any atom is -0.358 e. The molecule has 4 nitrogen and oxygen atoms in total. The molecular formula is C16H22O4. The average molecular weight is 278 g/mol. The van der Waals surface area contributed by atoms with Gasteiger partial charge >= 0.3 is 0 Å². The third kappa shape index (κ3) is 2.29. The predicted octanol–water partition coefficient (Wildman–Crippen LogP) is 2.17. The number of ether oxygens (including phenoxy) is 2. The van der Waals surface area contributed by atoms with Crippen LogP contribution in [0.3, 0.4) is 0 Å². The van der Waals surface area contributed by atoms with Gasteiger partial charge in [0.25, 0.3) is 0 Å². The Kier molecular flexibility index (Phi) is 3.77. The summed E-state index contributed by atoms with van der Waals surface area (Å²) in [4.78, 5) is 0. The van der Waals surface area contributed by atoms with Crippen LogP contribution in [0.25, 0.3) is 5.57 Å². The van der Waals surface area contributed by atoms with Gasteiger partial charge in [-0.3, -0.25) is 0 Å². The lowest BCUT2D eigenvalue weighted by Gasteiger charge is -2.49. The van der Waals surface area contributed by atoms with Gasteiger partial charge in [-0.05, 0) is 11.0 Å². The minimum absolute atomic E-state index is 0.286. The SMILES string of the molecule is COC1(OC)CC(C)(C)C=C(c2ccccc2)C1(O)O. The van der Waals surface area contributed by atoms with Crippen LogP contribution in [0.15, 0.2) is 36.4 Å². The molecule has 0 aliphatic heterocycles. The quantitative estimate of drug-likeness (QED) is 0.832. The van der Waals surface area contributed by atoms with Crippen molar-refractivity contribution in [3.63, 3.8) is 0 Å². The van der Waals surface area contributed by atoms with Crippen LogP contribution in [0.4, 0.5) is 0 Å². The van der Waals surface area contributed by atoms with E-state index >= 15 is 0 Å². The van der Waals surface area contributed by atoms with Gasteiger partial charge in [0.2, 0.25) is 11.6 Å². The Morgan fingerprint density at radius 2 is 1.55 bits per heavy atom. The molecule has 2 rings (SSSR count). The lowest BCUT2D eigenvalue weighted by atomic mass is 9.71. The maximum atomic E-state index is 10.7. The van der Waals surface area contributed by atoms with E-state index in [9.17, 15) is 10.2 Å². The number of methoxy groups -OCH3 is 2. The van der Waals surface area contributed by atoms with Crippen LogP contribution in [0.2, 0.25) is 0 Å². The summed E-state index contributed by atoms with van der Waals surface area (Å²) in [6.07, 6.45) is 2.22. The molecule has 0 aromatic heterocycles. The Hall–Kier alpha value is -1.20. The normalized spacial score (nSPS) is 23.2. The van der Waals surface area contributed by atoms with Gasteiger partial charge in [-0.15, -0.1) is 0 Å². The van der Waals surface area contributed by atoms with E-state index < -0.39 is 11.6 Å². The maximum absolute atomic E-state index is 10.7. The van der Waals surface area contributed by atoms with Crippen molar-refractivity contribution in [2.24, 2.45) is 5.41 Å². The summed E-state index contributed by atoms with van der Waals surface area (Å²) in [5, 5.41) is 21.3. The van der Waals surface area contributed by atoms with Gasteiger partial charge in [0, 0.05) is 26.2 Å². The molecule has 20 heavy (non-hydrogen) atoms. The molecule has 1 aromatic rings. The van der Waals surface area contributed by atoms with Gasteiger partial charge in [-0.1, -0.05) is 50.3 Å². The molecular weight excluding hydrogens is 256 g/mol. The fraction of sp³-hybridized carbons (Fsp3) is 0.500. The molecule has 1 aliphatic rings. The first-order chi connectivity index (χ1) is 9.28. The van der Waals surface area contributed by atoms with Crippen molar-refractivity contribution in [2.75, 3.05) is 14.2 Å². The average Bonchev–Trinajstić information content (AvgIpc) is 2.42. The Balaban J connectivity index is 2.62. The highest BCUT2D eigenvalue weighted by Gasteiger charge is 2.58. The van der Waals surface area contributed by atoms with Crippen LogP contribution in [0, 0.1) is 5.41 Å². The topological polar surface area (TPSA) is 58.9 Å². The number of aliphatic hydroxyl groups is 2. The van der Waals surface area contributed by atoms with Crippen molar-refractivity contribution in [1.29, 1.82) is 0 Å². The summed E-state index contributed by atoms with van der Waals surface area (Å²) >= 11 is 0. The molecule has 2 N–H and O–H groups in total. The molecule has 1 aromatic carbocycles. The molecule has 0 heterocycles. The van der Waals surface area contributed by atoms with Crippen molar-refractivity contribution >= 4 is 5.57 Å². The fourth-order valence-electron chi connectivity index (χ4n) is 2.89. The first kappa shape index (κ1) is 15.2. The first-order valence-electron chi connectivity index (χ1n) is 6.62. The lowest BCUT2D eigenvalue weighted by Crippen LogP contribution is -2.61. The van der Waals surface area contributed by atoms with Crippen LogP contribution in [-0.4, -0.2) is 36.0 Å². The van der Waals surface area contributed by atoms with E-state index in [1.165, 1.54) is 14.2 Å². The van der Waals surface area contributed by atoms with Gasteiger partial charge in [-0.2, -0.15) is 0 Å². The van der Waals surface area contributed by atoms with E-state index in [1.54, 1.807) is 0 Å². The summed E-state index contributed by atoms with van der Waals surface area (Å²) in [6, 6.07) is 9.27. The van der Waals surface area contributed by atoms with Crippen LogP contribution in [0.1, 0.15) is 25.8 Å². The summed E-state index contributed by atoms with van der Waals surface area (Å²) in [6.45, 7) is 4.02. The van der Waals surface area contributed by atoms with Crippen molar-refractivity contribution in [3.05, 3.63) is 42.0 Å². The monoisotopic (exact) mass is 278 g/mol. The van der Waals surface area contributed by atoms with Crippen LogP contribution >= 0.6 is 0 Å². The number of hydrogen-bond donors (Lipinski definition) is 2. The molecule has 0 saturated carbocycles. The molecule has 1 aliphatic carbocycles. The zero-order chi connectivity index (χ0) is 15.0. The molecule has 0 spiro atoms. The third-order valence-electron chi connectivity index (χ3n) is 3.87. The lowest BCUT2D eigenvalue weighted by molar-refractivity contribution is -0.358. The molecule has 0 fully saturated rings. The highest BCUT2D eigenvalue weighted by Crippen LogP contribution is 2.49. The number of rotatable bonds is 3. The molecule has 0 amide bonds. The molecule has 0 atom stereocenters. The summed E-state index contributed by atoms with van der Waals surface area (Å²) in [5.41, 5.74) is 0.855. The Bertz CT molecular complexity index is 498. The second-order valence-electron chi connectivity index (χ2n) is 5.92. The molecule has 110 valence electrons. The predicted molar refractivity (Wildman–Crippen MR) is 76.7 cm³/mol. The Morgan fingerprint density at radius 1 is 1.00 bits per heavy atom. The number of hydrogen-bond acceptors (Lipinski definition) is 4. The van der Waals surface area contributed by atoms with E-state index in [4.69, 9.17) is 9.47 Å². The largest absolute Gasteiger partial charge is 0.358 e. The highest BCUT2D eigenvalue weighted by atomic mass is 16.7. The maximum Gasteiger partial charge on any atom is 0.246 e. The zero-order valence-electron chi connectivity index (χ0n) is 12.4. The van der Waals surface area contributed by atoms with E-state index in [1.807, 2.05) is 50.3 Å². The molecule has 0 radical (unpaired) electrons. The standard InChI is InChI=1S/C16H22O4/c1-14(2)10-13(12-8-6-5-7-9-12)16(17,18)15(11-14,19-3)20-4/h5-10,17-18H,11H2,1-4H3. The van der Waals surface area contributed by atoms with Gasteiger partial charge < -0.3 is 19.7 Å². The van der Waals surface area contributed by atoms with Crippen molar-refractivity contribution in [1.82, 2.24) is 0 Å². The molecule has 0 saturated heterocycles. The highest BCUT2D eigenvalue weighted by molar-refractivity contribution is 5.73. The van der Waals surface area contributed by atoms with Gasteiger partial charge in [0.15, 0.2) is 0 Å². The molecule has 0 bridgehead atoms. The summed E-state index contributed by atoms with van der Waals surface area (Å²) < 4.78 is 10.7. The molecule has 4 heteroatoms. The van der Waals surface area contributed by atoms with E-state index in [0.29, 0.717) is 12.0 Å². The second-order valence-corrected chi connectivity index (χ2v) is 5.92. The van der Waals surface area contributed by atoms with Gasteiger partial charge in [-0.25, -0.2) is 0 Å². The Morgan fingerprint density at radius 3 is 2.05 bits per heavy atom. The second kappa shape index (κ2) is 4.97. The third-order valence-corrected chi connectivity index (χ3v) is 3.87. The van der Waals surface area contributed by atoms with E-state index in [0.717, 1.165) is 5.56 Å².